The Morgan fingerprint density at radius 2 is 2.14 bits per heavy atom. The molecule has 1 fully saturated rings. The van der Waals surface area contributed by atoms with Gasteiger partial charge in [0.2, 0.25) is 0 Å². The molecule has 0 unspecified atom stereocenters. The third-order valence-corrected chi connectivity index (χ3v) is 3.40. The molecule has 0 aromatic rings. The van der Waals surface area contributed by atoms with Gasteiger partial charge in [0.1, 0.15) is 0 Å². The Morgan fingerprint density at radius 1 is 1.29 bits per heavy atom. The summed E-state index contributed by atoms with van der Waals surface area (Å²) in [6, 6.07) is 0. The van der Waals surface area contributed by atoms with Crippen molar-refractivity contribution in [2.45, 2.75) is 58.8 Å². The number of unbranched alkanes of at least 4 members (excludes halogenated alkanes) is 2. The van der Waals surface area contributed by atoms with E-state index in [2.05, 4.69) is 31.7 Å². The first-order valence-corrected chi connectivity index (χ1v) is 6.24. The van der Waals surface area contributed by atoms with Crippen LogP contribution < -0.4 is 0 Å². The lowest BCUT2D eigenvalue weighted by molar-refractivity contribution is 0.424. The van der Waals surface area contributed by atoms with Crippen molar-refractivity contribution in [3.05, 3.63) is 17.9 Å². The average Bonchev–Trinajstić information content (AvgIpc) is 2.58. The van der Waals surface area contributed by atoms with Crippen molar-refractivity contribution in [3.8, 4) is 0 Å². The van der Waals surface area contributed by atoms with Crippen LogP contribution in [0, 0.1) is 11.8 Å². The number of allylic oxidation sites excluding steroid dienone is 1. The van der Waals surface area contributed by atoms with Gasteiger partial charge in [-0.15, -0.1) is 5.73 Å². The van der Waals surface area contributed by atoms with Crippen molar-refractivity contribution in [2.75, 3.05) is 0 Å². The van der Waals surface area contributed by atoms with E-state index < -0.39 is 0 Å². The molecule has 80 valence electrons. The maximum Gasteiger partial charge on any atom is -0.0243 e. The highest BCUT2D eigenvalue weighted by molar-refractivity contribution is 4.88. The van der Waals surface area contributed by atoms with Crippen LogP contribution in [0.2, 0.25) is 0 Å². The molecule has 0 radical (unpaired) electrons. The largest absolute Gasteiger partial charge is 0.130 e. The SMILES string of the molecule is CCCCC=C=CC[C@@H]1CCC[C@H]1C. The predicted octanol–water partition coefficient (Wildman–Crippen LogP) is 4.71. The topological polar surface area (TPSA) is 0 Å². The second-order valence-electron chi connectivity index (χ2n) is 4.62. The molecule has 0 bridgehead atoms. The zero-order valence-corrected chi connectivity index (χ0v) is 9.76. The Morgan fingerprint density at radius 3 is 2.79 bits per heavy atom. The lowest BCUT2D eigenvalue weighted by Gasteiger charge is -2.10. The van der Waals surface area contributed by atoms with Crippen molar-refractivity contribution >= 4 is 0 Å². The third kappa shape index (κ3) is 4.15. The summed E-state index contributed by atoms with van der Waals surface area (Å²) in [5, 5.41) is 0. The Bertz CT molecular complexity index is 196. The molecule has 1 aliphatic rings. The fourth-order valence-electron chi connectivity index (χ4n) is 2.26. The highest BCUT2D eigenvalue weighted by Gasteiger charge is 2.21. The van der Waals surface area contributed by atoms with Gasteiger partial charge in [0, 0.05) is 0 Å². The lowest BCUT2D eigenvalue weighted by atomic mass is 9.95. The fraction of sp³-hybridized carbons (Fsp3) is 0.786. The summed E-state index contributed by atoms with van der Waals surface area (Å²) in [5.41, 5.74) is 3.32. The standard InChI is InChI=1S/C14H24/c1-3-4-5-6-7-8-11-14-12-9-10-13(14)2/h6,8,13-14H,3-5,9-12H2,1-2H3/t7?,13-,14-/m1/s1. The van der Waals surface area contributed by atoms with E-state index >= 15 is 0 Å². The quantitative estimate of drug-likeness (QED) is 0.437. The van der Waals surface area contributed by atoms with E-state index in [1.54, 1.807) is 0 Å². The van der Waals surface area contributed by atoms with E-state index in [-0.39, 0.29) is 0 Å². The molecule has 1 rings (SSSR count). The zero-order valence-electron chi connectivity index (χ0n) is 9.76. The van der Waals surface area contributed by atoms with Gasteiger partial charge in [-0.1, -0.05) is 33.1 Å². The molecule has 0 heteroatoms. The summed E-state index contributed by atoms with van der Waals surface area (Å²) in [5.74, 6) is 1.89. The molecular weight excluding hydrogens is 168 g/mol. The Labute approximate surface area is 89.1 Å². The third-order valence-electron chi connectivity index (χ3n) is 3.40. The van der Waals surface area contributed by atoms with Gasteiger partial charge in [0.25, 0.3) is 0 Å². The first-order valence-electron chi connectivity index (χ1n) is 6.24. The number of hydrogen-bond donors (Lipinski definition) is 0. The minimum Gasteiger partial charge on any atom is -0.130 e. The molecule has 0 aliphatic heterocycles. The minimum absolute atomic E-state index is 0.946. The van der Waals surface area contributed by atoms with Crippen LogP contribution in [0.3, 0.4) is 0 Å². The highest BCUT2D eigenvalue weighted by atomic mass is 14.3. The molecular formula is C14H24. The van der Waals surface area contributed by atoms with Gasteiger partial charge in [0.05, 0.1) is 0 Å². The van der Waals surface area contributed by atoms with Gasteiger partial charge in [-0.3, -0.25) is 0 Å². The van der Waals surface area contributed by atoms with Crippen molar-refractivity contribution in [1.29, 1.82) is 0 Å². The van der Waals surface area contributed by atoms with Crippen molar-refractivity contribution in [3.63, 3.8) is 0 Å². The van der Waals surface area contributed by atoms with Crippen molar-refractivity contribution in [1.82, 2.24) is 0 Å². The van der Waals surface area contributed by atoms with Crippen LogP contribution in [0.15, 0.2) is 17.9 Å². The fourth-order valence-corrected chi connectivity index (χ4v) is 2.26. The predicted molar refractivity (Wildman–Crippen MR) is 63.3 cm³/mol. The monoisotopic (exact) mass is 192 g/mol. The van der Waals surface area contributed by atoms with E-state index in [4.69, 9.17) is 0 Å². The normalized spacial score (nSPS) is 25.9. The van der Waals surface area contributed by atoms with E-state index in [0.29, 0.717) is 0 Å². The van der Waals surface area contributed by atoms with Crippen LogP contribution in [-0.4, -0.2) is 0 Å². The van der Waals surface area contributed by atoms with Crippen LogP contribution in [0.5, 0.6) is 0 Å². The van der Waals surface area contributed by atoms with Crippen LogP contribution in [0.25, 0.3) is 0 Å². The van der Waals surface area contributed by atoms with E-state index in [0.717, 1.165) is 11.8 Å². The molecule has 14 heavy (non-hydrogen) atoms. The highest BCUT2D eigenvalue weighted by Crippen LogP contribution is 2.33. The second kappa shape index (κ2) is 6.90. The lowest BCUT2D eigenvalue weighted by Crippen LogP contribution is -2.01. The molecule has 0 aromatic heterocycles. The molecule has 0 aromatic carbocycles. The van der Waals surface area contributed by atoms with Gasteiger partial charge in [-0.25, -0.2) is 0 Å². The molecule has 0 nitrogen and oxygen atoms in total. The molecule has 2 atom stereocenters. The summed E-state index contributed by atoms with van der Waals surface area (Å²) in [6.45, 7) is 4.63. The minimum atomic E-state index is 0.946. The van der Waals surface area contributed by atoms with E-state index in [1.165, 1.54) is 44.9 Å². The van der Waals surface area contributed by atoms with Gasteiger partial charge in [0.15, 0.2) is 0 Å². The van der Waals surface area contributed by atoms with Crippen molar-refractivity contribution < 1.29 is 0 Å². The summed E-state index contributed by atoms with van der Waals surface area (Å²) < 4.78 is 0. The smallest absolute Gasteiger partial charge is 0.0243 e. The van der Waals surface area contributed by atoms with Crippen molar-refractivity contribution in [2.24, 2.45) is 11.8 Å². The maximum atomic E-state index is 3.32. The molecule has 0 N–H and O–H groups in total. The number of rotatable bonds is 5. The van der Waals surface area contributed by atoms with Gasteiger partial charge < -0.3 is 0 Å². The van der Waals surface area contributed by atoms with Gasteiger partial charge in [-0.05, 0) is 49.7 Å². The Kier molecular flexibility index (Phi) is 5.71. The first kappa shape index (κ1) is 11.6. The Balaban J connectivity index is 2.15. The van der Waals surface area contributed by atoms with Crippen LogP contribution in [-0.2, 0) is 0 Å². The molecule has 1 saturated carbocycles. The molecule has 1 aliphatic carbocycles. The van der Waals surface area contributed by atoms with E-state index in [9.17, 15) is 0 Å². The van der Waals surface area contributed by atoms with Gasteiger partial charge >= 0.3 is 0 Å². The molecule has 0 spiro atoms. The first-order chi connectivity index (χ1) is 6.84. The van der Waals surface area contributed by atoms with Crippen LogP contribution in [0.4, 0.5) is 0 Å². The second-order valence-corrected chi connectivity index (χ2v) is 4.62. The Hall–Kier alpha value is -0.480. The summed E-state index contributed by atoms with van der Waals surface area (Å²) in [7, 11) is 0. The number of hydrogen-bond acceptors (Lipinski definition) is 0. The zero-order chi connectivity index (χ0) is 10.2. The summed E-state index contributed by atoms with van der Waals surface area (Å²) in [4.78, 5) is 0. The summed E-state index contributed by atoms with van der Waals surface area (Å²) >= 11 is 0. The molecule has 0 amide bonds. The molecule has 0 saturated heterocycles. The van der Waals surface area contributed by atoms with Crippen LogP contribution in [0.1, 0.15) is 58.8 Å². The summed E-state index contributed by atoms with van der Waals surface area (Å²) in [6.07, 6.45) is 13.8. The average molecular weight is 192 g/mol. The van der Waals surface area contributed by atoms with E-state index in [1.807, 2.05) is 0 Å². The van der Waals surface area contributed by atoms with Gasteiger partial charge in [-0.2, -0.15) is 0 Å². The van der Waals surface area contributed by atoms with Crippen LogP contribution >= 0.6 is 0 Å². The molecule has 0 heterocycles. The maximum absolute atomic E-state index is 3.32.